The standard InChI is InChI=1S/C74H136O6/c1-4-7-10-13-16-19-21-23-25-27-29-31-33-34-35-36-37-38-39-40-41-43-44-46-48-50-52-55-58-61-64-67-73(76)79-70-71(69-78-72(75)66-63-60-57-54-18-15-12-9-6-3)80-74(77)68-65-62-59-56-53-51-49-47-45-42-32-30-28-26-24-22-20-17-14-11-8-5-2/h7,10,16,19,23,25,29,31,71H,4-6,8-9,11-15,17-18,20-22,24,26-28,30,32-70H2,1-3H3/b10-7-,19-16-,25-23-,31-29-. The third-order valence-electron chi connectivity index (χ3n) is 16.1. The summed E-state index contributed by atoms with van der Waals surface area (Å²) in [7, 11) is 0. The molecule has 0 aromatic carbocycles. The molecular weight excluding hydrogens is 985 g/mol. The largest absolute Gasteiger partial charge is 0.462 e. The number of carbonyl (C=O) groups excluding carboxylic acids is 3. The van der Waals surface area contributed by atoms with Crippen LogP contribution in [0.3, 0.4) is 0 Å². The van der Waals surface area contributed by atoms with Crippen molar-refractivity contribution in [2.75, 3.05) is 13.2 Å². The number of allylic oxidation sites excluding steroid dienone is 8. The van der Waals surface area contributed by atoms with Gasteiger partial charge in [-0.2, -0.15) is 0 Å². The smallest absolute Gasteiger partial charge is 0.306 e. The Morgan fingerprint density at radius 1 is 0.263 bits per heavy atom. The predicted octanol–water partition coefficient (Wildman–Crippen LogP) is 24.5. The molecular formula is C74H136O6. The summed E-state index contributed by atoms with van der Waals surface area (Å²) in [6.07, 6.45) is 87.4. The van der Waals surface area contributed by atoms with Gasteiger partial charge < -0.3 is 14.2 Å². The molecule has 0 aromatic heterocycles. The summed E-state index contributed by atoms with van der Waals surface area (Å²) < 4.78 is 16.9. The van der Waals surface area contributed by atoms with E-state index in [1.165, 1.54) is 263 Å². The minimum atomic E-state index is -0.767. The van der Waals surface area contributed by atoms with Crippen LogP contribution in [0.15, 0.2) is 48.6 Å². The van der Waals surface area contributed by atoms with Gasteiger partial charge in [-0.1, -0.05) is 358 Å². The number of rotatable bonds is 66. The van der Waals surface area contributed by atoms with Gasteiger partial charge in [0.15, 0.2) is 6.10 Å². The molecule has 0 aliphatic rings. The van der Waals surface area contributed by atoms with Crippen LogP contribution < -0.4 is 0 Å². The maximum absolute atomic E-state index is 12.9. The maximum atomic E-state index is 12.9. The summed E-state index contributed by atoms with van der Waals surface area (Å²) in [5.74, 6) is -0.839. The minimum absolute atomic E-state index is 0.0655. The van der Waals surface area contributed by atoms with E-state index in [1.807, 2.05) is 0 Å². The van der Waals surface area contributed by atoms with Crippen LogP contribution in [0.25, 0.3) is 0 Å². The van der Waals surface area contributed by atoms with Gasteiger partial charge in [0, 0.05) is 19.3 Å². The number of carbonyl (C=O) groups is 3. The maximum Gasteiger partial charge on any atom is 0.306 e. The van der Waals surface area contributed by atoms with Crippen LogP contribution >= 0.6 is 0 Å². The van der Waals surface area contributed by atoms with Crippen molar-refractivity contribution in [3.8, 4) is 0 Å². The minimum Gasteiger partial charge on any atom is -0.462 e. The molecule has 0 spiro atoms. The highest BCUT2D eigenvalue weighted by atomic mass is 16.6. The first kappa shape index (κ1) is 77.4. The van der Waals surface area contributed by atoms with E-state index in [-0.39, 0.29) is 31.1 Å². The lowest BCUT2D eigenvalue weighted by molar-refractivity contribution is -0.167. The fraction of sp³-hybridized carbons (Fsp3) is 0.851. The third kappa shape index (κ3) is 66.2. The van der Waals surface area contributed by atoms with Crippen molar-refractivity contribution in [1.82, 2.24) is 0 Å². The molecule has 0 saturated heterocycles. The van der Waals surface area contributed by atoms with Crippen molar-refractivity contribution in [3.63, 3.8) is 0 Å². The normalized spacial score (nSPS) is 12.3. The predicted molar refractivity (Wildman–Crippen MR) is 349 cm³/mol. The topological polar surface area (TPSA) is 78.9 Å². The monoisotopic (exact) mass is 1120 g/mol. The summed E-state index contributed by atoms with van der Waals surface area (Å²) in [6.45, 7) is 6.58. The molecule has 0 fully saturated rings. The Morgan fingerprint density at radius 3 is 0.762 bits per heavy atom. The molecule has 6 nitrogen and oxygen atoms in total. The van der Waals surface area contributed by atoms with Crippen LogP contribution in [0.4, 0.5) is 0 Å². The lowest BCUT2D eigenvalue weighted by Gasteiger charge is -2.18. The average molecular weight is 1120 g/mol. The molecule has 468 valence electrons. The number of hydrogen-bond donors (Lipinski definition) is 0. The Hall–Kier alpha value is -2.63. The van der Waals surface area contributed by atoms with Gasteiger partial charge in [0.25, 0.3) is 0 Å². The number of unbranched alkanes of at least 4 members (excludes halogenated alkanes) is 47. The molecule has 0 N–H and O–H groups in total. The van der Waals surface area contributed by atoms with E-state index in [0.29, 0.717) is 19.3 Å². The molecule has 6 heteroatoms. The molecule has 0 bridgehead atoms. The average Bonchev–Trinajstić information content (AvgIpc) is 3.46. The third-order valence-corrected chi connectivity index (χ3v) is 16.1. The molecule has 0 saturated carbocycles. The van der Waals surface area contributed by atoms with Crippen molar-refractivity contribution >= 4 is 17.9 Å². The highest BCUT2D eigenvalue weighted by Crippen LogP contribution is 2.19. The number of ether oxygens (including phenoxy) is 3. The van der Waals surface area contributed by atoms with E-state index in [0.717, 1.165) is 83.5 Å². The van der Waals surface area contributed by atoms with Gasteiger partial charge in [-0.3, -0.25) is 14.4 Å². The summed E-state index contributed by atoms with van der Waals surface area (Å²) in [5, 5.41) is 0. The summed E-state index contributed by atoms with van der Waals surface area (Å²) in [4.78, 5) is 38.3. The van der Waals surface area contributed by atoms with Gasteiger partial charge >= 0.3 is 17.9 Å². The Kier molecular flexibility index (Phi) is 66.6. The fourth-order valence-electron chi connectivity index (χ4n) is 10.8. The lowest BCUT2D eigenvalue weighted by atomic mass is 10.0. The zero-order valence-corrected chi connectivity index (χ0v) is 53.9. The van der Waals surface area contributed by atoms with Crippen LogP contribution in [0.5, 0.6) is 0 Å². The van der Waals surface area contributed by atoms with Crippen LogP contribution in [-0.2, 0) is 28.6 Å². The van der Waals surface area contributed by atoms with Crippen molar-refractivity contribution in [2.45, 2.75) is 393 Å². The van der Waals surface area contributed by atoms with E-state index in [9.17, 15) is 14.4 Å². The quantitative estimate of drug-likeness (QED) is 0.0261. The van der Waals surface area contributed by atoms with Crippen LogP contribution in [0.1, 0.15) is 387 Å². The molecule has 0 radical (unpaired) electrons. The van der Waals surface area contributed by atoms with Crippen LogP contribution in [0, 0.1) is 0 Å². The Morgan fingerprint density at radius 2 is 0.487 bits per heavy atom. The second-order valence-electron chi connectivity index (χ2n) is 24.1. The van der Waals surface area contributed by atoms with Gasteiger partial charge in [0.2, 0.25) is 0 Å². The van der Waals surface area contributed by atoms with Crippen molar-refractivity contribution in [1.29, 1.82) is 0 Å². The van der Waals surface area contributed by atoms with E-state index in [2.05, 4.69) is 69.4 Å². The zero-order valence-electron chi connectivity index (χ0n) is 53.9. The molecule has 0 aliphatic heterocycles. The first-order valence-corrected chi connectivity index (χ1v) is 35.6. The lowest BCUT2D eigenvalue weighted by Crippen LogP contribution is -2.30. The van der Waals surface area contributed by atoms with E-state index >= 15 is 0 Å². The zero-order chi connectivity index (χ0) is 57.8. The SMILES string of the molecule is CC/C=C\C/C=C\C/C=C\C/C=C\CCCCCCCCCCCCCCCCCCCCC(=O)OCC(COC(=O)CCCCCCCCCCC)OC(=O)CCCCCCCCCCCCCCCCCCCCCCCC. The molecule has 0 heterocycles. The van der Waals surface area contributed by atoms with Gasteiger partial charge in [-0.05, 0) is 57.8 Å². The molecule has 0 aromatic rings. The van der Waals surface area contributed by atoms with Gasteiger partial charge in [-0.25, -0.2) is 0 Å². The Bertz CT molecular complexity index is 1380. The second kappa shape index (κ2) is 68.9. The summed E-state index contributed by atoms with van der Waals surface area (Å²) in [5.41, 5.74) is 0. The summed E-state index contributed by atoms with van der Waals surface area (Å²) >= 11 is 0. The first-order valence-electron chi connectivity index (χ1n) is 35.6. The first-order chi connectivity index (χ1) is 39.5. The van der Waals surface area contributed by atoms with Crippen molar-refractivity contribution in [3.05, 3.63) is 48.6 Å². The number of hydrogen-bond acceptors (Lipinski definition) is 6. The van der Waals surface area contributed by atoms with Gasteiger partial charge in [-0.15, -0.1) is 0 Å². The van der Waals surface area contributed by atoms with E-state index in [4.69, 9.17) is 14.2 Å². The Labute approximate surface area is 498 Å². The van der Waals surface area contributed by atoms with E-state index < -0.39 is 6.10 Å². The van der Waals surface area contributed by atoms with Gasteiger partial charge in [0.1, 0.15) is 13.2 Å². The summed E-state index contributed by atoms with van der Waals surface area (Å²) in [6, 6.07) is 0. The number of esters is 3. The van der Waals surface area contributed by atoms with Crippen molar-refractivity contribution in [2.24, 2.45) is 0 Å². The van der Waals surface area contributed by atoms with Crippen molar-refractivity contribution < 1.29 is 28.6 Å². The molecule has 0 rings (SSSR count). The Balaban J connectivity index is 4.07. The highest BCUT2D eigenvalue weighted by molar-refractivity contribution is 5.71. The van der Waals surface area contributed by atoms with E-state index in [1.54, 1.807) is 0 Å². The molecule has 0 amide bonds. The molecule has 0 aliphatic carbocycles. The molecule has 1 atom stereocenters. The molecule has 1 unspecified atom stereocenters. The van der Waals surface area contributed by atoms with Gasteiger partial charge in [0.05, 0.1) is 0 Å². The molecule has 80 heavy (non-hydrogen) atoms. The fourth-order valence-corrected chi connectivity index (χ4v) is 10.8. The van der Waals surface area contributed by atoms with Crippen LogP contribution in [-0.4, -0.2) is 37.2 Å². The second-order valence-corrected chi connectivity index (χ2v) is 24.1. The van der Waals surface area contributed by atoms with Crippen LogP contribution in [0.2, 0.25) is 0 Å². The highest BCUT2D eigenvalue weighted by Gasteiger charge is 2.19.